The van der Waals surface area contributed by atoms with Crippen LogP contribution >= 0.6 is 11.3 Å². The lowest BCUT2D eigenvalue weighted by molar-refractivity contribution is 0.674. The minimum absolute atomic E-state index is 0.0726. The molecule has 1 aliphatic rings. The third-order valence-electron chi connectivity index (χ3n) is 3.68. The number of nitrogens with two attached hydrogens (primary N) is 1. The van der Waals surface area contributed by atoms with Gasteiger partial charge in [0.2, 0.25) is 0 Å². The highest BCUT2D eigenvalue weighted by Crippen LogP contribution is 2.25. The lowest BCUT2D eigenvalue weighted by Crippen LogP contribution is -2.14. The van der Waals surface area contributed by atoms with E-state index >= 15 is 0 Å². The summed E-state index contributed by atoms with van der Waals surface area (Å²) in [6.45, 7) is 0. The van der Waals surface area contributed by atoms with Gasteiger partial charge in [0.15, 0.2) is 0 Å². The standard InChI is InChI=1S/C15H18N2S/c16-14(10-15-17-7-8-18-15)13-6-5-11-3-1-2-4-12(11)9-13/h5-9,14H,1-4,10,16H2. The molecule has 1 aliphatic carbocycles. The van der Waals surface area contributed by atoms with Gasteiger partial charge in [0, 0.05) is 24.0 Å². The topological polar surface area (TPSA) is 38.9 Å². The Labute approximate surface area is 112 Å². The van der Waals surface area contributed by atoms with Crippen LogP contribution in [-0.4, -0.2) is 4.98 Å². The molecule has 0 amide bonds. The molecule has 0 aliphatic heterocycles. The van der Waals surface area contributed by atoms with Crippen molar-refractivity contribution in [3.63, 3.8) is 0 Å². The normalized spacial score (nSPS) is 16.3. The summed E-state index contributed by atoms with van der Waals surface area (Å²) >= 11 is 1.68. The molecule has 1 heterocycles. The molecule has 1 atom stereocenters. The average molecular weight is 258 g/mol. The van der Waals surface area contributed by atoms with E-state index in [9.17, 15) is 0 Å². The minimum atomic E-state index is 0.0726. The Bertz CT molecular complexity index is 519. The summed E-state index contributed by atoms with van der Waals surface area (Å²) in [7, 11) is 0. The fourth-order valence-electron chi connectivity index (χ4n) is 2.64. The fraction of sp³-hybridized carbons (Fsp3) is 0.400. The van der Waals surface area contributed by atoms with Crippen LogP contribution in [0.2, 0.25) is 0 Å². The van der Waals surface area contributed by atoms with E-state index in [1.165, 1.54) is 42.4 Å². The number of rotatable bonds is 3. The van der Waals surface area contributed by atoms with Crippen LogP contribution in [0.1, 0.15) is 40.6 Å². The van der Waals surface area contributed by atoms with Gasteiger partial charge in [-0.25, -0.2) is 4.98 Å². The van der Waals surface area contributed by atoms with Gasteiger partial charge in [-0.15, -0.1) is 11.3 Å². The molecule has 0 fully saturated rings. The first kappa shape index (κ1) is 11.9. The zero-order valence-corrected chi connectivity index (χ0v) is 11.2. The lowest BCUT2D eigenvalue weighted by atomic mass is 9.89. The molecule has 0 spiro atoms. The second-order valence-electron chi connectivity index (χ2n) is 4.97. The van der Waals surface area contributed by atoms with E-state index in [0.29, 0.717) is 0 Å². The molecule has 2 N–H and O–H groups in total. The summed E-state index contributed by atoms with van der Waals surface area (Å²) < 4.78 is 0. The van der Waals surface area contributed by atoms with Gasteiger partial charge in [-0.2, -0.15) is 0 Å². The van der Waals surface area contributed by atoms with E-state index in [4.69, 9.17) is 5.73 Å². The van der Waals surface area contributed by atoms with E-state index in [-0.39, 0.29) is 6.04 Å². The van der Waals surface area contributed by atoms with Gasteiger partial charge >= 0.3 is 0 Å². The number of aryl methyl sites for hydroxylation is 2. The number of hydrogen-bond donors (Lipinski definition) is 1. The van der Waals surface area contributed by atoms with Gasteiger partial charge in [-0.05, 0) is 42.4 Å². The fourth-order valence-corrected chi connectivity index (χ4v) is 3.32. The Hall–Kier alpha value is -1.19. The van der Waals surface area contributed by atoms with Crippen LogP contribution in [0.15, 0.2) is 29.8 Å². The van der Waals surface area contributed by atoms with Crippen molar-refractivity contribution in [2.75, 3.05) is 0 Å². The van der Waals surface area contributed by atoms with Crippen LogP contribution in [0, 0.1) is 0 Å². The highest BCUT2D eigenvalue weighted by molar-refractivity contribution is 7.09. The lowest BCUT2D eigenvalue weighted by Gasteiger charge is -2.18. The molecule has 1 aromatic carbocycles. The van der Waals surface area contributed by atoms with E-state index < -0.39 is 0 Å². The maximum absolute atomic E-state index is 6.29. The number of fused-ring (bicyclic) bond motifs is 1. The zero-order valence-electron chi connectivity index (χ0n) is 10.4. The van der Waals surface area contributed by atoms with Crippen LogP contribution < -0.4 is 5.73 Å². The van der Waals surface area contributed by atoms with Crippen LogP contribution in [0.4, 0.5) is 0 Å². The summed E-state index contributed by atoms with van der Waals surface area (Å²) in [5, 5.41) is 3.13. The van der Waals surface area contributed by atoms with Crippen LogP contribution in [0.3, 0.4) is 0 Å². The molecule has 0 saturated carbocycles. The van der Waals surface area contributed by atoms with Gasteiger partial charge in [-0.1, -0.05) is 18.2 Å². The molecular weight excluding hydrogens is 240 g/mol. The van der Waals surface area contributed by atoms with Gasteiger partial charge in [-0.3, -0.25) is 0 Å². The Morgan fingerprint density at radius 1 is 1.22 bits per heavy atom. The first-order valence-corrected chi connectivity index (χ1v) is 7.46. The molecule has 1 aromatic heterocycles. The van der Waals surface area contributed by atoms with Gasteiger partial charge in [0.05, 0.1) is 5.01 Å². The molecule has 94 valence electrons. The number of nitrogens with zero attached hydrogens (tertiary/aromatic N) is 1. The van der Waals surface area contributed by atoms with Crippen molar-refractivity contribution in [3.8, 4) is 0 Å². The van der Waals surface area contributed by atoms with Crippen molar-refractivity contribution in [2.45, 2.75) is 38.1 Å². The number of benzene rings is 1. The second kappa shape index (κ2) is 5.21. The molecule has 0 bridgehead atoms. The van der Waals surface area contributed by atoms with E-state index in [2.05, 4.69) is 23.2 Å². The van der Waals surface area contributed by atoms with Crippen molar-refractivity contribution in [1.29, 1.82) is 0 Å². The van der Waals surface area contributed by atoms with Crippen molar-refractivity contribution in [3.05, 3.63) is 51.5 Å². The Kier molecular flexibility index (Phi) is 3.43. The van der Waals surface area contributed by atoms with Crippen LogP contribution in [0.25, 0.3) is 0 Å². The van der Waals surface area contributed by atoms with E-state index in [0.717, 1.165) is 11.4 Å². The minimum Gasteiger partial charge on any atom is -0.324 e. The monoisotopic (exact) mass is 258 g/mol. The molecule has 3 rings (SSSR count). The average Bonchev–Trinajstić information content (AvgIpc) is 2.91. The number of aromatic nitrogens is 1. The number of hydrogen-bond acceptors (Lipinski definition) is 3. The molecule has 18 heavy (non-hydrogen) atoms. The van der Waals surface area contributed by atoms with Gasteiger partial charge in [0.25, 0.3) is 0 Å². The summed E-state index contributed by atoms with van der Waals surface area (Å²) in [6.07, 6.45) is 7.79. The Morgan fingerprint density at radius 2 is 2.06 bits per heavy atom. The van der Waals surface area contributed by atoms with Crippen molar-refractivity contribution in [2.24, 2.45) is 5.73 Å². The molecule has 2 aromatic rings. The zero-order chi connectivity index (χ0) is 12.4. The van der Waals surface area contributed by atoms with Crippen molar-refractivity contribution >= 4 is 11.3 Å². The maximum atomic E-state index is 6.29. The summed E-state index contributed by atoms with van der Waals surface area (Å²) in [6, 6.07) is 6.85. The maximum Gasteiger partial charge on any atom is 0.0943 e. The second-order valence-corrected chi connectivity index (χ2v) is 5.95. The molecule has 0 radical (unpaired) electrons. The first-order valence-electron chi connectivity index (χ1n) is 6.58. The summed E-state index contributed by atoms with van der Waals surface area (Å²) in [4.78, 5) is 4.31. The molecule has 3 heteroatoms. The molecular formula is C15H18N2S. The predicted molar refractivity (Wildman–Crippen MR) is 75.8 cm³/mol. The Morgan fingerprint density at radius 3 is 2.83 bits per heavy atom. The first-order chi connectivity index (χ1) is 8.83. The smallest absolute Gasteiger partial charge is 0.0943 e. The van der Waals surface area contributed by atoms with Crippen molar-refractivity contribution < 1.29 is 0 Å². The van der Waals surface area contributed by atoms with E-state index in [1.54, 1.807) is 11.3 Å². The van der Waals surface area contributed by atoms with Crippen LogP contribution in [0.5, 0.6) is 0 Å². The Balaban J connectivity index is 1.79. The largest absolute Gasteiger partial charge is 0.324 e. The predicted octanol–water partition coefficient (Wildman–Crippen LogP) is 3.26. The quantitative estimate of drug-likeness (QED) is 0.917. The molecule has 0 saturated heterocycles. The van der Waals surface area contributed by atoms with E-state index in [1.807, 2.05) is 11.6 Å². The van der Waals surface area contributed by atoms with Crippen molar-refractivity contribution in [1.82, 2.24) is 4.98 Å². The molecule has 2 nitrogen and oxygen atoms in total. The molecule has 1 unspecified atom stereocenters. The SMILES string of the molecule is NC(Cc1nccs1)c1ccc2c(c1)CCCC2. The highest BCUT2D eigenvalue weighted by atomic mass is 32.1. The van der Waals surface area contributed by atoms with Crippen LogP contribution in [-0.2, 0) is 19.3 Å². The number of thiazole rings is 1. The third-order valence-corrected chi connectivity index (χ3v) is 4.48. The third kappa shape index (κ3) is 2.47. The van der Waals surface area contributed by atoms with Gasteiger partial charge in [0.1, 0.15) is 0 Å². The summed E-state index contributed by atoms with van der Waals surface area (Å²) in [5.74, 6) is 0. The summed E-state index contributed by atoms with van der Waals surface area (Å²) in [5.41, 5.74) is 10.6. The van der Waals surface area contributed by atoms with Gasteiger partial charge < -0.3 is 5.73 Å². The highest BCUT2D eigenvalue weighted by Gasteiger charge is 2.13.